The van der Waals surface area contributed by atoms with Gasteiger partial charge in [0.25, 0.3) is 5.91 Å². The van der Waals surface area contributed by atoms with Gasteiger partial charge in [-0.2, -0.15) is 0 Å². The third-order valence-electron chi connectivity index (χ3n) is 4.36. The Balaban J connectivity index is 1.60. The Morgan fingerprint density at radius 1 is 0.862 bits per heavy atom. The molecule has 142 valence electrons. The van der Waals surface area contributed by atoms with Crippen LogP contribution in [0.3, 0.4) is 0 Å². The molecule has 7 heteroatoms. The number of aromatic nitrogens is 1. The summed E-state index contributed by atoms with van der Waals surface area (Å²) in [6, 6.07) is 18.2. The first kappa shape index (κ1) is 18.6. The molecule has 0 atom stereocenters. The number of fused-ring (bicyclic) bond motifs is 1. The van der Waals surface area contributed by atoms with Gasteiger partial charge in [-0.3, -0.25) is 14.4 Å². The minimum atomic E-state index is -0.423. The molecule has 2 aromatic carbocycles. The number of halogens is 1. The molecule has 1 aliphatic rings. The number of benzene rings is 2. The quantitative estimate of drug-likeness (QED) is 0.679. The van der Waals surface area contributed by atoms with E-state index in [1.807, 2.05) is 0 Å². The van der Waals surface area contributed by atoms with Crippen molar-refractivity contribution in [3.05, 3.63) is 100 Å². The number of nitrogens with one attached hydrogen (secondary N) is 2. The van der Waals surface area contributed by atoms with E-state index in [2.05, 4.69) is 15.6 Å². The molecule has 1 amide bonds. The molecule has 0 unspecified atom stereocenters. The lowest BCUT2D eigenvalue weighted by Crippen LogP contribution is -2.24. The summed E-state index contributed by atoms with van der Waals surface area (Å²) in [6.45, 7) is 0. The number of pyridine rings is 1. The predicted molar refractivity (Wildman–Crippen MR) is 110 cm³/mol. The minimum absolute atomic E-state index is 0.0161. The maximum Gasteiger partial charge on any atom is 0.256 e. The lowest BCUT2D eigenvalue weighted by molar-refractivity contribution is 0.0982. The van der Waals surface area contributed by atoms with Gasteiger partial charge < -0.3 is 10.6 Å². The Morgan fingerprint density at radius 3 is 2.31 bits per heavy atom. The minimum Gasteiger partial charge on any atom is -0.351 e. The van der Waals surface area contributed by atoms with Gasteiger partial charge in [0.15, 0.2) is 0 Å². The molecule has 0 saturated carbocycles. The second kappa shape index (κ2) is 7.69. The molecule has 0 aliphatic heterocycles. The van der Waals surface area contributed by atoms with Gasteiger partial charge >= 0.3 is 0 Å². The number of hydrogen-bond donors (Lipinski definition) is 2. The number of Topliss-reactive ketones (excluding diaryl/α,β-unsaturated/α-hetero) is 2. The van der Waals surface area contributed by atoms with Crippen molar-refractivity contribution in [3.63, 3.8) is 0 Å². The Hall–Kier alpha value is -3.77. The summed E-state index contributed by atoms with van der Waals surface area (Å²) < 4.78 is 0. The maximum atomic E-state index is 12.8. The lowest BCUT2D eigenvalue weighted by atomic mass is 9.92. The van der Waals surface area contributed by atoms with Crippen LogP contribution in [0.25, 0.3) is 0 Å². The van der Waals surface area contributed by atoms with E-state index in [4.69, 9.17) is 11.6 Å². The van der Waals surface area contributed by atoms with Gasteiger partial charge in [-0.1, -0.05) is 48.0 Å². The van der Waals surface area contributed by atoms with Gasteiger partial charge in [0.2, 0.25) is 11.6 Å². The van der Waals surface area contributed by atoms with Crippen molar-refractivity contribution >= 4 is 40.6 Å². The number of nitrogens with zero attached hydrogens (tertiary/aromatic N) is 1. The van der Waals surface area contributed by atoms with Crippen LogP contribution >= 0.6 is 11.6 Å². The van der Waals surface area contributed by atoms with Crippen molar-refractivity contribution in [1.82, 2.24) is 4.98 Å². The number of anilines is 2. The first-order valence-electron chi connectivity index (χ1n) is 8.72. The number of allylic oxidation sites excluding steroid dienone is 2. The molecule has 1 heterocycles. The van der Waals surface area contributed by atoms with E-state index in [1.165, 1.54) is 0 Å². The highest BCUT2D eigenvalue weighted by atomic mass is 35.5. The number of rotatable bonds is 4. The fourth-order valence-electron chi connectivity index (χ4n) is 2.96. The van der Waals surface area contributed by atoms with Gasteiger partial charge in [0.05, 0.1) is 0 Å². The van der Waals surface area contributed by atoms with E-state index in [0.717, 1.165) is 0 Å². The highest BCUT2D eigenvalue weighted by Gasteiger charge is 2.31. The Kier molecular flexibility index (Phi) is 4.93. The van der Waals surface area contributed by atoms with E-state index < -0.39 is 5.78 Å². The molecule has 0 saturated heterocycles. The zero-order valence-electron chi connectivity index (χ0n) is 15.0. The summed E-state index contributed by atoms with van der Waals surface area (Å²) in [5, 5.41) is 5.40. The van der Waals surface area contributed by atoms with Crippen molar-refractivity contribution in [2.24, 2.45) is 0 Å². The zero-order chi connectivity index (χ0) is 20.4. The molecule has 6 nitrogen and oxygen atoms in total. The Bertz CT molecular complexity index is 1170. The van der Waals surface area contributed by atoms with E-state index in [1.54, 1.807) is 72.9 Å². The zero-order valence-corrected chi connectivity index (χ0v) is 15.7. The fourth-order valence-corrected chi connectivity index (χ4v) is 3.20. The number of carbonyl (C=O) groups excluding carboxylic acids is 3. The van der Waals surface area contributed by atoms with Crippen molar-refractivity contribution in [3.8, 4) is 0 Å². The van der Waals surface area contributed by atoms with Gasteiger partial charge in [-0.15, -0.1) is 0 Å². The first-order chi connectivity index (χ1) is 14.0. The summed E-state index contributed by atoms with van der Waals surface area (Å²) in [4.78, 5) is 41.8. The fraction of sp³-hybridized carbons (Fsp3) is 0. The highest BCUT2D eigenvalue weighted by molar-refractivity contribution is 6.50. The van der Waals surface area contributed by atoms with Gasteiger partial charge in [0, 0.05) is 28.6 Å². The van der Waals surface area contributed by atoms with Crippen LogP contribution in [-0.4, -0.2) is 22.5 Å². The topological polar surface area (TPSA) is 88.2 Å². The van der Waals surface area contributed by atoms with Crippen LogP contribution in [0.2, 0.25) is 0 Å². The van der Waals surface area contributed by atoms with Crippen LogP contribution in [0, 0.1) is 0 Å². The van der Waals surface area contributed by atoms with Gasteiger partial charge in [-0.25, -0.2) is 4.98 Å². The lowest BCUT2D eigenvalue weighted by Gasteiger charge is -2.19. The summed E-state index contributed by atoms with van der Waals surface area (Å²) in [7, 11) is 0. The monoisotopic (exact) mass is 403 g/mol. The van der Waals surface area contributed by atoms with E-state index in [-0.39, 0.29) is 33.5 Å². The molecule has 0 bridgehead atoms. The van der Waals surface area contributed by atoms with Crippen molar-refractivity contribution in [2.75, 3.05) is 10.6 Å². The molecular weight excluding hydrogens is 390 g/mol. The van der Waals surface area contributed by atoms with Gasteiger partial charge in [-0.05, 0) is 30.3 Å². The number of hydrogen-bond acceptors (Lipinski definition) is 5. The normalized spacial score (nSPS) is 13.1. The molecule has 0 fully saturated rings. The smallest absolute Gasteiger partial charge is 0.256 e. The van der Waals surface area contributed by atoms with Crippen molar-refractivity contribution in [1.29, 1.82) is 0 Å². The molecule has 29 heavy (non-hydrogen) atoms. The third kappa shape index (κ3) is 3.66. The predicted octanol–water partition coefficient (Wildman–Crippen LogP) is 4.28. The van der Waals surface area contributed by atoms with Crippen LogP contribution in [-0.2, 0) is 0 Å². The average Bonchev–Trinajstić information content (AvgIpc) is 2.76. The molecule has 1 aliphatic carbocycles. The van der Waals surface area contributed by atoms with E-state index in [9.17, 15) is 14.4 Å². The molecular formula is C22H14ClN3O3. The summed E-state index contributed by atoms with van der Waals surface area (Å²) in [5.74, 6) is -0.739. The molecule has 0 radical (unpaired) electrons. The van der Waals surface area contributed by atoms with E-state index >= 15 is 0 Å². The summed E-state index contributed by atoms with van der Waals surface area (Å²) in [6.07, 6.45) is 1.58. The Labute approximate surface area is 171 Å². The number of carbonyl (C=O) groups is 3. The molecule has 3 aromatic rings. The molecule has 0 spiro atoms. The summed E-state index contributed by atoms with van der Waals surface area (Å²) in [5.41, 5.74) is 1.35. The van der Waals surface area contributed by atoms with E-state index in [0.29, 0.717) is 17.1 Å². The molecule has 1 aromatic heterocycles. The third-order valence-corrected chi connectivity index (χ3v) is 4.72. The Morgan fingerprint density at radius 2 is 1.59 bits per heavy atom. The number of ketones is 2. The number of amides is 1. The van der Waals surface area contributed by atoms with Crippen LogP contribution in [0.4, 0.5) is 11.5 Å². The second-order valence-electron chi connectivity index (χ2n) is 6.27. The average molecular weight is 404 g/mol. The first-order valence-corrected chi connectivity index (χ1v) is 9.10. The summed E-state index contributed by atoms with van der Waals surface area (Å²) >= 11 is 6.17. The van der Waals surface area contributed by atoms with Crippen LogP contribution in [0.1, 0.15) is 31.1 Å². The van der Waals surface area contributed by atoms with Crippen LogP contribution in [0.5, 0.6) is 0 Å². The SMILES string of the molecule is O=C(Nc1ccccn1)c1cccc(NC2=C(Cl)C(=O)c3ccccc3C2=O)c1. The van der Waals surface area contributed by atoms with Crippen LogP contribution < -0.4 is 10.6 Å². The van der Waals surface area contributed by atoms with Crippen molar-refractivity contribution in [2.45, 2.75) is 0 Å². The highest BCUT2D eigenvalue weighted by Crippen LogP contribution is 2.29. The standard InChI is InChI=1S/C22H14ClN3O3/c23-18-19(21(28)16-9-2-1-8-15(16)20(18)27)25-14-7-5-6-13(12-14)22(29)26-17-10-3-4-11-24-17/h1-12,25H,(H,24,26,29). The maximum absolute atomic E-state index is 12.8. The van der Waals surface area contributed by atoms with Crippen LogP contribution in [0.15, 0.2) is 83.7 Å². The molecule has 2 N–H and O–H groups in total. The van der Waals surface area contributed by atoms with Gasteiger partial charge in [0.1, 0.15) is 16.5 Å². The molecule has 4 rings (SSSR count). The van der Waals surface area contributed by atoms with Crippen molar-refractivity contribution < 1.29 is 14.4 Å². The largest absolute Gasteiger partial charge is 0.351 e. The second-order valence-corrected chi connectivity index (χ2v) is 6.65.